The molecule has 1 aromatic carbocycles. The minimum absolute atomic E-state index is 0.231. The van der Waals surface area contributed by atoms with Gasteiger partial charge in [0.05, 0.1) is 0 Å². The number of hydrogen-bond acceptors (Lipinski definition) is 5. The number of alkyl carbamates (subject to hydrolysis) is 1. The van der Waals surface area contributed by atoms with Crippen LogP contribution in [0.1, 0.15) is 103 Å². The molecule has 0 bridgehead atoms. The summed E-state index contributed by atoms with van der Waals surface area (Å²) in [5, 5.41) is 5.90. The van der Waals surface area contributed by atoms with E-state index in [9.17, 15) is 14.4 Å². The highest BCUT2D eigenvalue weighted by Crippen LogP contribution is 2.27. The number of carbonyl (C=O) groups is 3. The maximum atomic E-state index is 14.2. The second-order valence-electron chi connectivity index (χ2n) is 12.1. The lowest BCUT2D eigenvalue weighted by Crippen LogP contribution is -2.55. The van der Waals surface area contributed by atoms with Crippen LogP contribution in [0.25, 0.3) is 0 Å². The summed E-state index contributed by atoms with van der Waals surface area (Å²) in [7, 11) is 0. The predicted octanol–water partition coefficient (Wildman–Crippen LogP) is 6.31. The minimum atomic E-state index is -0.820. The van der Waals surface area contributed by atoms with Gasteiger partial charge in [0, 0.05) is 12.1 Å². The minimum Gasteiger partial charge on any atom is -0.444 e. The molecule has 0 aliphatic heterocycles. The highest BCUT2D eigenvalue weighted by molar-refractivity contribution is 7.98. The molecule has 7 nitrogen and oxygen atoms in total. The van der Waals surface area contributed by atoms with E-state index in [1.54, 1.807) is 37.4 Å². The number of thioether (sulfide) groups is 1. The zero-order chi connectivity index (χ0) is 29.1. The largest absolute Gasteiger partial charge is 0.444 e. The van der Waals surface area contributed by atoms with Gasteiger partial charge in [0.2, 0.25) is 11.8 Å². The Bertz CT molecular complexity index is 921. The quantitative estimate of drug-likeness (QED) is 0.281. The van der Waals surface area contributed by atoms with Crippen LogP contribution < -0.4 is 10.6 Å². The van der Waals surface area contributed by atoms with E-state index in [2.05, 4.69) is 17.6 Å². The molecule has 0 fully saturated rings. The Morgan fingerprint density at radius 2 is 1.66 bits per heavy atom. The summed E-state index contributed by atoms with van der Waals surface area (Å²) in [6.07, 6.45) is 5.61. The van der Waals surface area contributed by atoms with E-state index >= 15 is 0 Å². The molecular weight excluding hydrogens is 498 g/mol. The summed E-state index contributed by atoms with van der Waals surface area (Å²) in [5.41, 5.74) is 1.78. The van der Waals surface area contributed by atoms with Crippen molar-refractivity contribution in [3.05, 3.63) is 34.9 Å². The van der Waals surface area contributed by atoms with Gasteiger partial charge in [-0.05, 0) is 96.9 Å². The molecule has 8 heteroatoms. The Labute approximate surface area is 235 Å². The molecule has 0 saturated heterocycles. The van der Waals surface area contributed by atoms with E-state index in [1.807, 2.05) is 59.1 Å². The molecule has 0 spiro atoms. The molecular formula is C30H51N3O4S. The second-order valence-corrected chi connectivity index (χ2v) is 13.0. The number of benzene rings is 1. The van der Waals surface area contributed by atoms with Crippen LogP contribution in [0.2, 0.25) is 0 Å². The van der Waals surface area contributed by atoms with Crippen molar-refractivity contribution in [2.45, 2.75) is 118 Å². The van der Waals surface area contributed by atoms with Gasteiger partial charge in [-0.3, -0.25) is 9.59 Å². The predicted molar refractivity (Wildman–Crippen MR) is 159 cm³/mol. The highest BCUT2D eigenvalue weighted by atomic mass is 32.2. The van der Waals surface area contributed by atoms with Crippen molar-refractivity contribution in [2.24, 2.45) is 0 Å². The van der Waals surface area contributed by atoms with Crippen LogP contribution in [0, 0.1) is 13.8 Å². The van der Waals surface area contributed by atoms with E-state index in [-0.39, 0.29) is 11.8 Å². The lowest BCUT2D eigenvalue weighted by Gasteiger charge is -2.36. The lowest BCUT2D eigenvalue weighted by molar-refractivity contribution is -0.143. The molecule has 216 valence electrons. The van der Waals surface area contributed by atoms with Gasteiger partial charge in [-0.1, -0.05) is 44.4 Å². The van der Waals surface area contributed by atoms with Crippen molar-refractivity contribution in [2.75, 3.05) is 18.6 Å². The molecule has 2 N–H and O–H groups in total. The third-order valence-corrected chi connectivity index (χ3v) is 6.68. The summed E-state index contributed by atoms with van der Waals surface area (Å²) in [5.74, 6) is 0.178. The maximum Gasteiger partial charge on any atom is 0.408 e. The molecule has 0 aliphatic carbocycles. The molecule has 2 atom stereocenters. The highest BCUT2D eigenvalue weighted by Gasteiger charge is 2.37. The molecule has 0 aromatic heterocycles. The first kappa shape index (κ1) is 33.8. The van der Waals surface area contributed by atoms with E-state index < -0.39 is 29.3 Å². The van der Waals surface area contributed by atoms with Gasteiger partial charge in [-0.15, -0.1) is 0 Å². The number of aryl methyl sites for hydroxylation is 2. The number of nitrogens with one attached hydrogen (secondary N) is 2. The SMILES string of the molecule is CCCCCCN(C(=O)C(CCSC)NC(=O)OC(C)(C)C)C(C(=O)NC(C)(C)C)c1ccc(C)c(C)c1. The van der Waals surface area contributed by atoms with Crippen LogP contribution in [0.5, 0.6) is 0 Å². The van der Waals surface area contributed by atoms with Gasteiger partial charge in [0.15, 0.2) is 0 Å². The molecule has 3 amide bonds. The van der Waals surface area contributed by atoms with Crippen LogP contribution >= 0.6 is 11.8 Å². The van der Waals surface area contributed by atoms with Crippen molar-refractivity contribution in [1.82, 2.24) is 15.5 Å². The summed E-state index contributed by atoms with van der Waals surface area (Å²) in [6.45, 7) is 17.8. The van der Waals surface area contributed by atoms with Gasteiger partial charge in [-0.25, -0.2) is 4.79 Å². The Morgan fingerprint density at radius 1 is 1.00 bits per heavy atom. The number of unbranched alkanes of at least 4 members (excludes halogenated alkanes) is 3. The number of rotatable bonds is 13. The Hall–Kier alpha value is -2.22. The summed E-state index contributed by atoms with van der Waals surface area (Å²) >= 11 is 1.60. The third-order valence-electron chi connectivity index (χ3n) is 6.04. The van der Waals surface area contributed by atoms with Crippen LogP contribution in [-0.2, 0) is 14.3 Å². The first-order valence-corrected chi connectivity index (χ1v) is 15.2. The molecule has 0 saturated carbocycles. The van der Waals surface area contributed by atoms with Crippen molar-refractivity contribution >= 4 is 29.7 Å². The van der Waals surface area contributed by atoms with Gasteiger partial charge < -0.3 is 20.3 Å². The molecule has 0 heterocycles. The van der Waals surface area contributed by atoms with E-state index in [1.165, 1.54) is 0 Å². The van der Waals surface area contributed by atoms with E-state index in [0.29, 0.717) is 18.7 Å². The van der Waals surface area contributed by atoms with Gasteiger partial charge >= 0.3 is 6.09 Å². The molecule has 38 heavy (non-hydrogen) atoms. The van der Waals surface area contributed by atoms with Crippen LogP contribution in [-0.4, -0.2) is 58.5 Å². The molecule has 0 radical (unpaired) electrons. The molecule has 1 rings (SSSR count). The van der Waals surface area contributed by atoms with Crippen LogP contribution in [0.15, 0.2) is 18.2 Å². The van der Waals surface area contributed by atoms with E-state index in [4.69, 9.17) is 4.74 Å². The van der Waals surface area contributed by atoms with Crippen LogP contribution in [0.4, 0.5) is 4.79 Å². The lowest BCUT2D eigenvalue weighted by atomic mass is 9.96. The van der Waals surface area contributed by atoms with Crippen molar-refractivity contribution in [3.8, 4) is 0 Å². The summed E-state index contributed by atoms with van der Waals surface area (Å²) < 4.78 is 5.47. The Morgan fingerprint density at radius 3 is 2.18 bits per heavy atom. The fourth-order valence-electron chi connectivity index (χ4n) is 4.06. The van der Waals surface area contributed by atoms with Gasteiger partial charge in [0.1, 0.15) is 17.7 Å². The summed E-state index contributed by atoms with van der Waals surface area (Å²) in [6, 6.07) is 4.29. The monoisotopic (exact) mass is 549 g/mol. The van der Waals surface area contributed by atoms with Crippen molar-refractivity contribution in [3.63, 3.8) is 0 Å². The number of ether oxygens (including phenoxy) is 1. The average molecular weight is 550 g/mol. The fraction of sp³-hybridized carbons (Fsp3) is 0.700. The number of amides is 3. The van der Waals surface area contributed by atoms with Gasteiger partial charge in [-0.2, -0.15) is 11.8 Å². The maximum absolute atomic E-state index is 14.2. The fourth-order valence-corrected chi connectivity index (χ4v) is 4.54. The smallest absolute Gasteiger partial charge is 0.408 e. The first-order chi connectivity index (χ1) is 17.6. The van der Waals surface area contributed by atoms with Crippen molar-refractivity contribution < 1.29 is 19.1 Å². The Kier molecular flexibility index (Phi) is 13.7. The molecule has 0 aliphatic rings. The number of carbonyl (C=O) groups excluding carboxylic acids is 3. The zero-order valence-corrected chi connectivity index (χ0v) is 26.1. The first-order valence-electron chi connectivity index (χ1n) is 13.8. The Balaban J connectivity index is 3.54. The standard InChI is InChI=1S/C30H51N3O4S/c1-11-12-13-14-18-33(27(35)24(17-19-38-10)31-28(36)37-30(7,8)9)25(26(34)32-29(4,5)6)23-16-15-21(2)22(3)20-23/h15-16,20,24-25H,11-14,17-19H2,1-10H3,(H,31,36)(H,32,34). The van der Waals surface area contributed by atoms with Crippen LogP contribution in [0.3, 0.4) is 0 Å². The molecule has 2 unspecified atom stereocenters. The normalized spacial score (nSPS) is 13.4. The van der Waals surface area contributed by atoms with Gasteiger partial charge in [0.25, 0.3) is 0 Å². The average Bonchev–Trinajstić information content (AvgIpc) is 2.77. The zero-order valence-electron chi connectivity index (χ0n) is 25.3. The van der Waals surface area contributed by atoms with Crippen molar-refractivity contribution in [1.29, 1.82) is 0 Å². The number of hydrogen-bond donors (Lipinski definition) is 2. The second kappa shape index (κ2) is 15.4. The number of nitrogens with zero attached hydrogens (tertiary/aromatic N) is 1. The molecule has 1 aromatic rings. The van der Waals surface area contributed by atoms with E-state index in [0.717, 1.165) is 42.4 Å². The topological polar surface area (TPSA) is 87.7 Å². The third kappa shape index (κ3) is 12.1. The summed E-state index contributed by atoms with van der Waals surface area (Å²) in [4.78, 5) is 42.4.